The van der Waals surface area contributed by atoms with Gasteiger partial charge in [0, 0.05) is 6.54 Å². The van der Waals surface area contributed by atoms with Crippen LogP contribution in [0.15, 0.2) is 16.6 Å². The van der Waals surface area contributed by atoms with Gasteiger partial charge in [0.15, 0.2) is 11.5 Å². The molecule has 0 aromatic heterocycles. The van der Waals surface area contributed by atoms with Crippen molar-refractivity contribution in [2.45, 2.75) is 33.2 Å². The number of benzene rings is 1. The minimum atomic E-state index is -0.385. The van der Waals surface area contributed by atoms with Crippen molar-refractivity contribution in [1.82, 2.24) is 5.32 Å². The molecular formula is C15H23BrN2O3. The zero-order chi connectivity index (χ0) is 15.7. The van der Waals surface area contributed by atoms with Crippen LogP contribution in [0.4, 0.5) is 0 Å². The van der Waals surface area contributed by atoms with Crippen LogP contribution in [0.25, 0.3) is 0 Å². The van der Waals surface area contributed by atoms with Crippen LogP contribution in [-0.4, -0.2) is 25.7 Å². The van der Waals surface area contributed by atoms with Gasteiger partial charge in [-0.15, -0.1) is 0 Å². The summed E-state index contributed by atoms with van der Waals surface area (Å²) < 4.78 is 12.1. The van der Waals surface area contributed by atoms with Gasteiger partial charge in [0.1, 0.15) is 0 Å². The maximum atomic E-state index is 10.8. The Bertz CT molecular complexity index is 466. The topological polar surface area (TPSA) is 73.6 Å². The molecule has 5 nitrogen and oxygen atoms in total. The number of nitrogens with two attached hydrogens (primary N) is 1. The summed E-state index contributed by atoms with van der Waals surface area (Å²) in [4.78, 5) is 10.8. The molecule has 3 N–H and O–H groups in total. The van der Waals surface area contributed by atoms with Crippen LogP contribution < -0.4 is 20.5 Å². The van der Waals surface area contributed by atoms with Crippen LogP contribution in [0.5, 0.6) is 11.5 Å². The van der Waals surface area contributed by atoms with Crippen LogP contribution >= 0.6 is 15.9 Å². The quantitative estimate of drug-likeness (QED) is 0.630. The molecule has 0 aliphatic heterocycles. The largest absolute Gasteiger partial charge is 0.490 e. The fourth-order valence-corrected chi connectivity index (χ4v) is 2.39. The first-order valence-corrected chi connectivity index (χ1v) is 7.94. The van der Waals surface area contributed by atoms with Crippen molar-refractivity contribution in [2.75, 3.05) is 19.8 Å². The number of carbonyl (C=O) groups is 1. The van der Waals surface area contributed by atoms with Crippen molar-refractivity contribution in [3.63, 3.8) is 0 Å². The molecule has 21 heavy (non-hydrogen) atoms. The number of hydrogen-bond donors (Lipinski definition) is 2. The van der Waals surface area contributed by atoms with Gasteiger partial charge in [-0.25, -0.2) is 0 Å². The Labute approximate surface area is 134 Å². The molecule has 0 spiro atoms. The van der Waals surface area contributed by atoms with Crippen molar-refractivity contribution >= 4 is 21.8 Å². The maximum Gasteiger partial charge on any atom is 0.220 e. The molecule has 0 radical (unpaired) electrons. The van der Waals surface area contributed by atoms with Crippen LogP contribution in [0.2, 0.25) is 0 Å². The second-order valence-electron chi connectivity index (χ2n) is 4.58. The second-order valence-corrected chi connectivity index (χ2v) is 5.43. The molecule has 1 amide bonds. The third-order valence-electron chi connectivity index (χ3n) is 2.72. The van der Waals surface area contributed by atoms with Gasteiger partial charge >= 0.3 is 0 Å². The molecule has 1 rings (SSSR count). The molecule has 6 heteroatoms. The number of carbonyl (C=O) groups excluding carboxylic acids is 1. The molecule has 0 atom stereocenters. The van der Waals surface area contributed by atoms with Crippen molar-refractivity contribution in [1.29, 1.82) is 0 Å². The lowest BCUT2D eigenvalue weighted by Gasteiger charge is -2.15. The summed E-state index contributed by atoms with van der Waals surface area (Å²) in [6.07, 6.45) is 1.27. The average molecular weight is 359 g/mol. The van der Waals surface area contributed by atoms with Crippen LogP contribution in [0, 0.1) is 0 Å². The van der Waals surface area contributed by atoms with E-state index in [9.17, 15) is 4.79 Å². The number of ether oxygens (including phenoxy) is 2. The molecule has 0 saturated carbocycles. The predicted octanol–water partition coefficient (Wildman–Crippen LogP) is 2.60. The van der Waals surface area contributed by atoms with Gasteiger partial charge in [-0.05, 0) is 53.5 Å². The summed E-state index contributed by atoms with van der Waals surface area (Å²) >= 11 is 3.50. The van der Waals surface area contributed by atoms with Gasteiger partial charge in [0.05, 0.1) is 24.1 Å². The van der Waals surface area contributed by atoms with E-state index in [2.05, 4.69) is 28.2 Å². The standard InChI is InChI=1S/C15H23BrN2O3/c1-3-6-18-10-11-8-12(16)15(13(9-11)20-4-2)21-7-5-14(17)19/h8-9,18H,3-7,10H2,1-2H3,(H2,17,19). The lowest BCUT2D eigenvalue weighted by molar-refractivity contribution is -0.118. The first-order valence-electron chi connectivity index (χ1n) is 7.15. The zero-order valence-corrected chi connectivity index (χ0v) is 14.2. The SMILES string of the molecule is CCCNCc1cc(Br)c(OCCC(N)=O)c(OCC)c1. The van der Waals surface area contributed by atoms with Gasteiger partial charge in [0.2, 0.25) is 5.91 Å². The van der Waals surface area contributed by atoms with Crippen LogP contribution in [-0.2, 0) is 11.3 Å². The fourth-order valence-electron chi connectivity index (χ4n) is 1.79. The second kappa shape index (κ2) is 9.63. The molecule has 0 fully saturated rings. The summed E-state index contributed by atoms with van der Waals surface area (Å²) in [5.41, 5.74) is 6.23. The summed E-state index contributed by atoms with van der Waals surface area (Å²) in [6, 6.07) is 3.95. The summed E-state index contributed by atoms with van der Waals surface area (Å²) in [7, 11) is 0. The van der Waals surface area contributed by atoms with E-state index in [1.54, 1.807) is 0 Å². The summed E-state index contributed by atoms with van der Waals surface area (Å²) in [6.45, 7) is 6.58. The zero-order valence-electron chi connectivity index (χ0n) is 12.6. The van der Waals surface area contributed by atoms with E-state index in [4.69, 9.17) is 15.2 Å². The number of halogens is 1. The molecule has 0 saturated heterocycles. The highest BCUT2D eigenvalue weighted by Crippen LogP contribution is 2.37. The normalized spacial score (nSPS) is 10.4. The Morgan fingerprint density at radius 3 is 2.71 bits per heavy atom. The Morgan fingerprint density at radius 2 is 2.10 bits per heavy atom. The molecule has 1 aromatic carbocycles. The molecule has 0 heterocycles. The third-order valence-corrected chi connectivity index (χ3v) is 3.31. The third kappa shape index (κ3) is 6.35. The Hall–Kier alpha value is -1.27. The lowest BCUT2D eigenvalue weighted by Crippen LogP contribution is -2.15. The monoisotopic (exact) mass is 358 g/mol. The molecule has 0 aliphatic rings. The fraction of sp³-hybridized carbons (Fsp3) is 0.533. The Kier molecular flexibility index (Phi) is 8.15. The predicted molar refractivity (Wildman–Crippen MR) is 86.6 cm³/mol. The lowest BCUT2D eigenvalue weighted by atomic mass is 10.2. The number of rotatable bonds is 10. The summed E-state index contributed by atoms with van der Waals surface area (Å²) in [5, 5.41) is 3.35. The van der Waals surface area contributed by atoms with Gasteiger partial charge in [-0.3, -0.25) is 4.79 Å². The molecular weight excluding hydrogens is 336 g/mol. The first kappa shape index (κ1) is 17.8. The Balaban J connectivity index is 2.82. The maximum absolute atomic E-state index is 10.8. The molecule has 118 valence electrons. The smallest absolute Gasteiger partial charge is 0.220 e. The molecule has 0 bridgehead atoms. The van der Waals surface area contributed by atoms with E-state index in [0.29, 0.717) is 18.1 Å². The number of hydrogen-bond acceptors (Lipinski definition) is 4. The van der Waals surface area contributed by atoms with Crippen molar-refractivity contribution < 1.29 is 14.3 Å². The van der Waals surface area contributed by atoms with E-state index in [1.165, 1.54) is 0 Å². The van der Waals surface area contributed by atoms with Crippen LogP contribution in [0.1, 0.15) is 32.3 Å². The number of nitrogens with one attached hydrogen (secondary N) is 1. The molecule has 1 aromatic rings. The molecule has 0 unspecified atom stereocenters. The van der Waals surface area contributed by atoms with Gasteiger partial charge in [-0.1, -0.05) is 6.92 Å². The van der Waals surface area contributed by atoms with Crippen molar-refractivity contribution in [3.8, 4) is 11.5 Å². The van der Waals surface area contributed by atoms with Crippen molar-refractivity contribution in [3.05, 3.63) is 22.2 Å². The van der Waals surface area contributed by atoms with E-state index in [-0.39, 0.29) is 18.9 Å². The van der Waals surface area contributed by atoms with E-state index in [0.717, 1.165) is 29.5 Å². The average Bonchev–Trinajstić information content (AvgIpc) is 2.42. The minimum Gasteiger partial charge on any atom is -0.490 e. The van der Waals surface area contributed by atoms with E-state index >= 15 is 0 Å². The number of primary amides is 1. The minimum absolute atomic E-state index is 0.178. The van der Waals surface area contributed by atoms with Gasteiger partial charge < -0.3 is 20.5 Å². The van der Waals surface area contributed by atoms with Crippen LogP contribution in [0.3, 0.4) is 0 Å². The Morgan fingerprint density at radius 1 is 1.33 bits per heavy atom. The number of amides is 1. The van der Waals surface area contributed by atoms with E-state index < -0.39 is 0 Å². The highest BCUT2D eigenvalue weighted by atomic mass is 79.9. The summed E-state index contributed by atoms with van der Waals surface area (Å²) in [5.74, 6) is 0.895. The first-order chi connectivity index (χ1) is 10.1. The highest BCUT2D eigenvalue weighted by molar-refractivity contribution is 9.10. The van der Waals surface area contributed by atoms with E-state index in [1.807, 2.05) is 19.1 Å². The molecule has 0 aliphatic carbocycles. The van der Waals surface area contributed by atoms with Gasteiger partial charge in [0.25, 0.3) is 0 Å². The highest BCUT2D eigenvalue weighted by Gasteiger charge is 2.12. The van der Waals surface area contributed by atoms with Gasteiger partial charge in [-0.2, -0.15) is 0 Å². The van der Waals surface area contributed by atoms with Crippen molar-refractivity contribution in [2.24, 2.45) is 5.73 Å².